The smallest absolute Gasteiger partial charge is 0.166 e. The average Bonchev–Trinajstić information content (AvgIpc) is 2.99. The molecule has 130 valence electrons. The molecule has 2 unspecified atom stereocenters. The number of aromatic nitrogens is 1. The number of ketones is 1. The number of nitrogens with one attached hydrogen (secondary N) is 1. The highest BCUT2D eigenvalue weighted by Crippen LogP contribution is 2.21. The van der Waals surface area contributed by atoms with Crippen molar-refractivity contribution in [2.75, 3.05) is 6.54 Å². The van der Waals surface area contributed by atoms with Gasteiger partial charge in [-0.3, -0.25) is 4.79 Å². The van der Waals surface area contributed by atoms with E-state index in [0.717, 1.165) is 22.0 Å². The molecular weight excluding hydrogens is 312 g/mol. The van der Waals surface area contributed by atoms with Crippen LogP contribution >= 0.6 is 0 Å². The van der Waals surface area contributed by atoms with Gasteiger partial charge in [-0.25, -0.2) is 0 Å². The molecule has 0 aliphatic carbocycles. The Bertz CT molecular complexity index is 855. The van der Waals surface area contributed by atoms with Gasteiger partial charge in [0.1, 0.15) is 0 Å². The van der Waals surface area contributed by atoms with Crippen molar-refractivity contribution in [1.82, 2.24) is 9.88 Å². The van der Waals surface area contributed by atoms with E-state index in [0.29, 0.717) is 13.0 Å². The number of benzene rings is 2. The van der Waals surface area contributed by atoms with Crippen molar-refractivity contribution >= 4 is 16.7 Å². The van der Waals surface area contributed by atoms with E-state index in [-0.39, 0.29) is 11.8 Å². The van der Waals surface area contributed by atoms with Crippen LogP contribution in [0.4, 0.5) is 0 Å². The lowest BCUT2D eigenvalue weighted by Gasteiger charge is -2.20. The Labute approximate surface area is 148 Å². The van der Waals surface area contributed by atoms with Gasteiger partial charge in [0.05, 0.1) is 6.10 Å². The average molecular weight is 336 g/mol. The van der Waals surface area contributed by atoms with E-state index in [1.54, 1.807) is 0 Å². The van der Waals surface area contributed by atoms with Crippen LogP contribution in [0.2, 0.25) is 0 Å². The zero-order chi connectivity index (χ0) is 17.8. The molecule has 0 radical (unpaired) electrons. The van der Waals surface area contributed by atoms with Crippen molar-refractivity contribution in [3.63, 3.8) is 0 Å². The number of aliphatic hydroxyl groups excluding tert-OH is 1. The molecule has 0 spiro atoms. The third kappa shape index (κ3) is 3.81. The number of carbonyl (C=O) groups is 1. The van der Waals surface area contributed by atoms with Crippen LogP contribution in [0.25, 0.3) is 10.9 Å². The Morgan fingerprint density at radius 1 is 1.12 bits per heavy atom. The summed E-state index contributed by atoms with van der Waals surface area (Å²) in [6, 6.07) is 17.4. The summed E-state index contributed by atoms with van der Waals surface area (Å²) < 4.78 is 1.98. The number of para-hydroxylation sites is 1. The van der Waals surface area contributed by atoms with Crippen molar-refractivity contribution in [3.05, 3.63) is 71.9 Å². The largest absolute Gasteiger partial charge is 0.387 e. The van der Waals surface area contributed by atoms with E-state index in [2.05, 4.69) is 5.32 Å². The van der Waals surface area contributed by atoms with Crippen LogP contribution in [0, 0.1) is 0 Å². The maximum Gasteiger partial charge on any atom is 0.166 e. The Kier molecular flexibility index (Phi) is 5.31. The molecule has 0 amide bonds. The van der Waals surface area contributed by atoms with Gasteiger partial charge in [0.15, 0.2) is 5.78 Å². The first kappa shape index (κ1) is 17.4. The fourth-order valence-electron chi connectivity index (χ4n) is 3.16. The van der Waals surface area contributed by atoms with Crippen molar-refractivity contribution in [3.8, 4) is 0 Å². The quantitative estimate of drug-likeness (QED) is 0.650. The monoisotopic (exact) mass is 336 g/mol. The molecule has 0 fully saturated rings. The molecule has 0 bridgehead atoms. The molecule has 3 aromatic rings. The highest BCUT2D eigenvalue weighted by atomic mass is 16.3. The van der Waals surface area contributed by atoms with Gasteiger partial charge >= 0.3 is 0 Å². The molecule has 4 heteroatoms. The first-order valence-electron chi connectivity index (χ1n) is 8.61. The highest BCUT2D eigenvalue weighted by Gasteiger charge is 2.17. The Morgan fingerprint density at radius 3 is 2.56 bits per heavy atom. The molecule has 2 N–H and O–H groups in total. The Hall–Kier alpha value is -2.43. The zero-order valence-electron chi connectivity index (χ0n) is 14.6. The lowest BCUT2D eigenvalue weighted by atomic mass is 10.0. The molecule has 1 heterocycles. The molecule has 0 saturated carbocycles. The van der Waals surface area contributed by atoms with Gasteiger partial charge in [-0.05, 0) is 18.6 Å². The fourth-order valence-corrected chi connectivity index (χ4v) is 3.16. The molecule has 25 heavy (non-hydrogen) atoms. The maximum atomic E-state index is 12.6. The molecule has 1 aromatic heterocycles. The number of aryl methyl sites for hydroxylation is 1. The van der Waals surface area contributed by atoms with Crippen LogP contribution in [-0.4, -0.2) is 28.0 Å². The Balaban J connectivity index is 1.59. The number of hydrogen-bond acceptors (Lipinski definition) is 3. The number of Topliss-reactive ketones (excluding diaryl/α,β-unsaturated/α-hetero) is 1. The summed E-state index contributed by atoms with van der Waals surface area (Å²) in [4.78, 5) is 12.6. The first-order chi connectivity index (χ1) is 12.1. The molecule has 3 rings (SSSR count). The predicted molar refractivity (Wildman–Crippen MR) is 101 cm³/mol. The molecular formula is C21H24N2O2. The number of fused-ring (bicyclic) bond motifs is 1. The summed E-state index contributed by atoms with van der Waals surface area (Å²) in [5, 5.41) is 14.6. The van der Waals surface area contributed by atoms with Gasteiger partial charge in [0.25, 0.3) is 0 Å². The summed E-state index contributed by atoms with van der Waals surface area (Å²) in [7, 11) is 1.95. The van der Waals surface area contributed by atoms with E-state index >= 15 is 0 Å². The van der Waals surface area contributed by atoms with Gasteiger partial charge in [-0.2, -0.15) is 0 Å². The second kappa shape index (κ2) is 7.64. The van der Waals surface area contributed by atoms with Crippen LogP contribution in [0.1, 0.15) is 35.4 Å². The predicted octanol–water partition coefficient (Wildman–Crippen LogP) is 3.46. The van der Waals surface area contributed by atoms with Gasteiger partial charge in [-0.15, -0.1) is 0 Å². The fraction of sp³-hybridized carbons (Fsp3) is 0.286. The van der Waals surface area contributed by atoms with Crippen LogP contribution in [0.5, 0.6) is 0 Å². The number of nitrogens with zero attached hydrogens (tertiary/aromatic N) is 1. The molecule has 0 saturated heterocycles. The summed E-state index contributed by atoms with van der Waals surface area (Å²) in [6.45, 7) is 2.47. The van der Waals surface area contributed by atoms with Crippen LogP contribution < -0.4 is 5.32 Å². The summed E-state index contributed by atoms with van der Waals surface area (Å²) in [5.41, 5.74) is 2.70. The topological polar surface area (TPSA) is 54.3 Å². The summed E-state index contributed by atoms with van der Waals surface area (Å²) in [6.07, 6.45) is 1.71. The number of hydrogen-bond donors (Lipinski definition) is 2. The maximum absolute atomic E-state index is 12.6. The second-order valence-corrected chi connectivity index (χ2v) is 6.44. The van der Waals surface area contributed by atoms with E-state index in [9.17, 15) is 9.90 Å². The van der Waals surface area contributed by atoms with Crippen molar-refractivity contribution in [2.45, 2.75) is 25.5 Å². The first-order valence-corrected chi connectivity index (χ1v) is 8.61. The minimum atomic E-state index is -0.589. The summed E-state index contributed by atoms with van der Waals surface area (Å²) in [5.74, 6) is 0.116. The SMILES string of the molecule is CC(NCCC(=O)c1cn(C)c2ccccc12)C(O)c1ccccc1. The van der Waals surface area contributed by atoms with Crippen LogP contribution in [-0.2, 0) is 7.05 Å². The lowest BCUT2D eigenvalue weighted by molar-refractivity contribution is 0.0973. The van der Waals surface area contributed by atoms with E-state index in [1.807, 2.05) is 79.3 Å². The third-order valence-electron chi connectivity index (χ3n) is 4.63. The molecule has 0 aliphatic heterocycles. The van der Waals surface area contributed by atoms with Crippen molar-refractivity contribution < 1.29 is 9.90 Å². The lowest BCUT2D eigenvalue weighted by Crippen LogP contribution is -2.33. The highest BCUT2D eigenvalue weighted by molar-refractivity contribution is 6.08. The van der Waals surface area contributed by atoms with Gasteiger partial charge in [0.2, 0.25) is 0 Å². The van der Waals surface area contributed by atoms with Gasteiger partial charge in [-0.1, -0.05) is 48.5 Å². The number of aliphatic hydroxyl groups is 1. The molecule has 2 aromatic carbocycles. The Morgan fingerprint density at radius 2 is 1.80 bits per heavy atom. The van der Waals surface area contributed by atoms with Gasteiger partial charge in [0, 0.05) is 48.7 Å². The number of rotatable bonds is 7. The van der Waals surface area contributed by atoms with Crippen LogP contribution in [0.15, 0.2) is 60.8 Å². The molecule has 0 aliphatic rings. The minimum Gasteiger partial charge on any atom is -0.387 e. The van der Waals surface area contributed by atoms with E-state index in [1.165, 1.54) is 0 Å². The minimum absolute atomic E-state index is 0.116. The van der Waals surface area contributed by atoms with Gasteiger partial charge < -0.3 is 15.0 Å². The molecule has 2 atom stereocenters. The van der Waals surface area contributed by atoms with Crippen molar-refractivity contribution in [2.24, 2.45) is 7.05 Å². The third-order valence-corrected chi connectivity index (χ3v) is 4.63. The van der Waals surface area contributed by atoms with Crippen LogP contribution in [0.3, 0.4) is 0 Å². The van der Waals surface area contributed by atoms with Crippen molar-refractivity contribution in [1.29, 1.82) is 0 Å². The van der Waals surface area contributed by atoms with E-state index < -0.39 is 6.10 Å². The normalized spacial score (nSPS) is 13.7. The second-order valence-electron chi connectivity index (χ2n) is 6.44. The zero-order valence-corrected chi connectivity index (χ0v) is 14.6. The number of carbonyl (C=O) groups excluding carboxylic acids is 1. The van der Waals surface area contributed by atoms with E-state index in [4.69, 9.17) is 0 Å². The molecule has 4 nitrogen and oxygen atoms in total. The summed E-state index contributed by atoms with van der Waals surface area (Å²) >= 11 is 0. The standard InChI is InChI=1S/C21H24N2O2/c1-15(21(25)16-8-4-3-5-9-16)22-13-12-20(24)18-14-23(2)19-11-7-6-10-17(18)19/h3-11,14-15,21-22,25H,12-13H2,1-2H3.